The van der Waals surface area contributed by atoms with Gasteiger partial charge in [-0.15, -0.1) is 0 Å². The van der Waals surface area contributed by atoms with Crippen LogP contribution in [0.25, 0.3) is 0 Å². The van der Waals surface area contributed by atoms with E-state index in [0.29, 0.717) is 12.1 Å². The van der Waals surface area contributed by atoms with Crippen molar-refractivity contribution >= 4 is 15.9 Å². The Kier molecular flexibility index (Phi) is 3.86. The lowest BCUT2D eigenvalue weighted by molar-refractivity contribution is 0.331. The van der Waals surface area contributed by atoms with Crippen molar-refractivity contribution in [1.82, 2.24) is 5.32 Å². The summed E-state index contributed by atoms with van der Waals surface area (Å²) in [7, 11) is 1.78. The fourth-order valence-electron chi connectivity index (χ4n) is 3.70. The SMILES string of the molecule is COc1ccc(Br)c2c1CC([C@H]1CC[C@@H](C)N1)CC2. The van der Waals surface area contributed by atoms with E-state index in [4.69, 9.17) is 4.74 Å². The third-order valence-corrected chi connectivity index (χ3v) is 5.50. The second kappa shape index (κ2) is 5.45. The normalized spacial score (nSPS) is 30.2. The molecule has 2 aliphatic rings. The standard InChI is InChI=1S/C16H22BrNO/c1-10-3-7-15(18-10)11-4-5-12-13(9-11)16(19-2)8-6-14(12)17/h6,8,10-11,15,18H,3-5,7,9H2,1-2H3/t10-,11?,15-/m1/s1. The molecule has 1 saturated heterocycles. The average molecular weight is 324 g/mol. The Balaban J connectivity index is 1.84. The maximum Gasteiger partial charge on any atom is 0.122 e. The summed E-state index contributed by atoms with van der Waals surface area (Å²) in [5.41, 5.74) is 2.89. The van der Waals surface area contributed by atoms with E-state index in [1.807, 2.05) is 0 Å². The topological polar surface area (TPSA) is 21.3 Å². The highest BCUT2D eigenvalue weighted by atomic mass is 79.9. The number of methoxy groups -OCH3 is 1. The molecule has 1 aliphatic carbocycles. The van der Waals surface area contributed by atoms with Crippen LogP contribution in [0.15, 0.2) is 16.6 Å². The van der Waals surface area contributed by atoms with Crippen molar-refractivity contribution in [3.63, 3.8) is 0 Å². The molecule has 3 rings (SSSR count). The first-order chi connectivity index (χ1) is 9.19. The minimum Gasteiger partial charge on any atom is -0.496 e. The van der Waals surface area contributed by atoms with Gasteiger partial charge < -0.3 is 10.1 Å². The molecule has 19 heavy (non-hydrogen) atoms. The van der Waals surface area contributed by atoms with E-state index in [0.717, 1.165) is 18.1 Å². The van der Waals surface area contributed by atoms with E-state index in [-0.39, 0.29) is 0 Å². The monoisotopic (exact) mass is 323 g/mol. The number of fused-ring (bicyclic) bond motifs is 1. The molecule has 1 unspecified atom stereocenters. The first kappa shape index (κ1) is 13.4. The minimum absolute atomic E-state index is 0.691. The molecule has 0 spiro atoms. The summed E-state index contributed by atoms with van der Waals surface area (Å²) in [5.74, 6) is 1.83. The number of hydrogen-bond donors (Lipinski definition) is 1. The Morgan fingerprint density at radius 2 is 2.05 bits per heavy atom. The van der Waals surface area contributed by atoms with Crippen LogP contribution in [0.2, 0.25) is 0 Å². The van der Waals surface area contributed by atoms with Gasteiger partial charge in [0.25, 0.3) is 0 Å². The average Bonchev–Trinajstić information content (AvgIpc) is 2.86. The van der Waals surface area contributed by atoms with E-state index >= 15 is 0 Å². The molecule has 2 nitrogen and oxygen atoms in total. The van der Waals surface area contributed by atoms with Gasteiger partial charge in [-0.3, -0.25) is 0 Å². The van der Waals surface area contributed by atoms with Crippen molar-refractivity contribution in [1.29, 1.82) is 0 Å². The Labute approximate surface area is 124 Å². The Morgan fingerprint density at radius 3 is 2.74 bits per heavy atom. The van der Waals surface area contributed by atoms with Gasteiger partial charge in [-0.05, 0) is 68.2 Å². The molecule has 1 aromatic carbocycles. The molecule has 1 heterocycles. The second-order valence-corrected chi connectivity index (χ2v) is 6.82. The third kappa shape index (κ3) is 2.55. The van der Waals surface area contributed by atoms with Gasteiger partial charge >= 0.3 is 0 Å². The fourth-order valence-corrected chi connectivity index (χ4v) is 4.27. The van der Waals surface area contributed by atoms with E-state index < -0.39 is 0 Å². The predicted octanol–water partition coefficient (Wildman–Crippen LogP) is 3.70. The van der Waals surface area contributed by atoms with Crippen LogP contribution in [-0.2, 0) is 12.8 Å². The third-order valence-electron chi connectivity index (χ3n) is 4.76. The van der Waals surface area contributed by atoms with Crippen LogP contribution in [0, 0.1) is 5.92 Å². The number of rotatable bonds is 2. The molecule has 104 valence electrons. The fraction of sp³-hybridized carbons (Fsp3) is 0.625. The van der Waals surface area contributed by atoms with Gasteiger partial charge in [-0.1, -0.05) is 15.9 Å². The summed E-state index contributed by atoms with van der Waals surface area (Å²) in [6, 6.07) is 5.60. The minimum atomic E-state index is 0.691. The Hall–Kier alpha value is -0.540. The highest BCUT2D eigenvalue weighted by molar-refractivity contribution is 9.10. The maximum atomic E-state index is 5.56. The van der Waals surface area contributed by atoms with Crippen molar-refractivity contribution in [3.05, 3.63) is 27.7 Å². The first-order valence-electron chi connectivity index (χ1n) is 7.29. The lowest BCUT2D eigenvalue weighted by atomic mass is 9.79. The van der Waals surface area contributed by atoms with Gasteiger partial charge in [0.15, 0.2) is 0 Å². The summed E-state index contributed by atoms with van der Waals surface area (Å²) in [5, 5.41) is 3.75. The summed E-state index contributed by atoms with van der Waals surface area (Å²) in [4.78, 5) is 0. The van der Waals surface area contributed by atoms with Crippen LogP contribution in [0.5, 0.6) is 5.75 Å². The van der Waals surface area contributed by atoms with Gasteiger partial charge in [-0.2, -0.15) is 0 Å². The van der Waals surface area contributed by atoms with Gasteiger partial charge in [0, 0.05) is 16.6 Å². The lowest BCUT2D eigenvalue weighted by Crippen LogP contribution is -2.36. The van der Waals surface area contributed by atoms with Crippen molar-refractivity contribution < 1.29 is 4.74 Å². The van der Waals surface area contributed by atoms with E-state index in [1.54, 1.807) is 7.11 Å². The molecular formula is C16H22BrNO. The number of ether oxygens (including phenoxy) is 1. The highest BCUT2D eigenvalue weighted by Gasteiger charge is 2.32. The van der Waals surface area contributed by atoms with Crippen LogP contribution in [0.3, 0.4) is 0 Å². The van der Waals surface area contributed by atoms with E-state index in [9.17, 15) is 0 Å². The molecule has 0 bridgehead atoms. The molecule has 3 atom stereocenters. The van der Waals surface area contributed by atoms with Crippen LogP contribution in [-0.4, -0.2) is 19.2 Å². The zero-order chi connectivity index (χ0) is 13.4. The first-order valence-corrected chi connectivity index (χ1v) is 8.08. The van der Waals surface area contributed by atoms with Crippen LogP contribution >= 0.6 is 15.9 Å². The van der Waals surface area contributed by atoms with E-state index in [1.165, 1.54) is 41.3 Å². The maximum absolute atomic E-state index is 5.56. The van der Waals surface area contributed by atoms with Gasteiger partial charge in [0.2, 0.25) is 0 Å². The van der Waals surface area contributed by atoms with Crippen molar-refractivity contribution in [2.75, 3.05) is 7.11 Å². The van der Waals surface area contributed by atoms with Crippen molar-refractivity contribution in [2.24, 2.45) is 5.92 Å². The Bertz CT molecular complexity index is 474. The van der Waals surface area contributed by atoms with Crippen LogP contribution in [0.1, 0.15) is 37.3 Å². The molecule has 1 aliphatic heterocycles. The molecule has 3 heteroatoms. The second-order valence-electron chi connectivity index (χ2n) is 5.96. The predicted molar refractivity (Wildman–Crippen MR) is 81.8 cm³/mol. The van der Waals surface area contributed by atoms with Crippen LogP contribution in [0.4, 0.5) is 0 Å². The Morgan fingerprint density at radius 1 is 1.21 bits per heavy atom. The zero-order valence-electron chi connectivity index (χ0n) is 11.7. The lowest BCUT2D eigenvalue weighted by Gasteiger charge is -2.31. The molecule has 0 radical (unpaired) electrons. The molecule has 1 fully saturated rings. The zero-order valence-corrected chi connectivity index (χ0v) is 13.3. The summed E-state index contributed by atoms with van der Waals surface area (Å²) in [6.45, 7) is 2.30. The molecule has 1 N–H and O–H groups in total. The largest absolute Gasteiger partial charge is 0.496 e. The highest BCUT2D eigenvalue weighted by Crippen LogP contribution is 2.39. The number of hydrogen-bond acceptors (Lipinski definition) is 2. The van der Waals surface area contributed by atoms with Gasteiger partial charge in [-0.25, -0.2) is 0 Å². The molecule has 1 aromatic rings. The number of nitrogens with one attached hydrogen (secondary N) is 1. The molecule has 0 saturated carbocycles. The van der Waals surface area contributed by atoms with Crippen molar-refractivity contribution in [2.45, 2.75) is 51.1 Å². The van der Waals surface area contributed by atoms with Gasteiger partial charge in [0.05, 0.1) is 7.11 Å². The summed E-state index contributed by atoms with van der Waals surface area (Å²) in [6.07, 6.45) is 6.27. The molecular weight excluding hydrogens is 302 g/mol. The van der Waals surface area contributed by atoms with Gasteiger partial charge in [0.1, 0.15) is 5.75 Å². The van der Waals surface area contributed by atoms with Crippen molar-refractivity contribution in [3.8, 4) is 5.75 Å². The summed E-state index contributed by atoms with van der Waals surface area (Å²) < 4.78 is 6.80. The van der Waals surface area contributed by atoms with Crippen LogP contribution < -0.4 is 10.1 Å². The number of benzene rings is 1. The van der Waals surface area contributed by atoms with E-state index in [2.05, 4.69) is 40.3 Å². The smallest absolute Gasteiger partial charge is 0.122 e. The number of halogens is 1. The summed E-state index contributed by atoms with van der Waals surface area (Å²) >= 11 is 3.69. The quantitative estimate of drug-likeness (QED) is 0.896. The molecule has 0 aromatic heterocycles. The molecule has 0 amide bonds.